The van der Waals surface area contributed by atoms with Crippen LogP contribution in [0.3, 0.4) is 0 Å². The Balaban J connectivity index is 1.28. The lowest BCUT2D eigenvalue weighted by molar-refractivity contribution is -0.160. The molecule has 4 heterocycles. The summed E-state index contributed by atoms with van der Waals surface area (Å²) in [5.74, 6) is 0.813. The normalized spacial score (nSPS) is 27.8. The summed E-state index contributed by atoms with van der Waals surface area (Å²) in [6, 6.07) is 10.4. The average molecular weight is 437 g/mol. The molecule has 2 bridgehead atoms. The Morgan fingerprint density at radius 3 is 2.81 bits per heavy atom. The highest BCUT2D eigenvalue weighted by atomic mass is 16.2. The van der Waals surface area contributed by atoms with Gasteiger partial charge in [-0.25, -0.2) is 0 Å². The Kier molecular flexibility index (Phi) is 6.21. The Morgan fingerprint density at radius 1 is 1.16 bits per heavy atom. The number of nitrogens with zero attached hydrogens (tertiary/aromatic N) is 5. The maximum Gasteiger partial charge on any atom is 0.243 e. The molecule has 3 aliphatic rings. The highest BCUT2D eigenvalue weighted by Gasteiger charge is 2.51. The van der Waals surface area contributed by atoms with Gasteiger partial charge in [-0.1, -0.05) is 35.5 Å². The zero-order valence-corrected chi connectivity index (χ0v) is 18.5. The number of hydrogen-bond acceptors (Lipinski definition) is 5. The third-order valence-electron chi connectivity index (χ3n) is 7.27. The molecule has 8 heteroatoms. The number of amides is 2. The number of aromatic nitrogens is 3. The topological polar surface area (TPSA) is 83.4 Å². The van der Waals surface area contributed by atoms with Crippen molar-refractivity contribution in [2.75, 3.05) is 19.6 Å². The average Bonchev–Trinajstić information content (AvgIpc) is 3.32. The van der Waals surface area contributed by atoms with Crippen LogP contribution >= 0.6 is 0 Å². The van der Waals surface area contributed by atoms with Crippen LogP contribution in [-0.4, -0.2) is 68.3 Å². The number of aryl methyl sites for hydroxylation is 1. The van der Waals surface area contributed by atoms with Gasteiger partial charge in [-0.3, -0.25) is 19.2 Å². The van der Waals surface area contributed by atoms with E-state index in [4.69, 9.17) is 0 Å². The van der Waals surface area contributed by atoms with Gasteiger partial charge >= 0.3 is 0 Å². The smallest absolute Gasteiger partial charge is 0.243 e. The van der Waals surface area contributed by atoms with Gasteiger partial charge in [-0.05, 0) is 37.2 Å². The number of carbonyl (C=O) groups excluding carboxylic acids is 2. The lowest BCUT2D eigenvalue weighted by Gasteiger charge is -2.56. The van der Waals surface area contributed by atoms with Gasteiger partial charge in [0.15, 0.2) is 0 Å². The second kappa shape index (κ2) is 9.40. The van der Waals surface area contributed by atoms with Crippen LogP contribution in [0, 0.1) is 11.8 Å². The first-order chi connectivity index (χ1) is 15.7. The number of carbonyl (C=O) groups is 2. The van der Waals surface area contributed by atoms with Crippen molar-refractivity contribution in [1.29, 1.82) is 0 Å². The fourth-order valence-corrected chi connectivity index (χ4v) is 5.97. The summed E-state index contributed by atoms with van der Waals surface area (Å²) in [5.41, 5.74) is 1.30. The molecular weight excluding hydrogens is 404 g/mol. The first-order valence-corrected chi connectivity index (χ1v) is 11.9. The van der Waals surface area contributed by atoms with Gasteiger partial charge in [0.2, 0.25) is 11.8 Å². The third kappa shape index (κ3) is 4.41. The molecule has 0 aliphatic carbocycles. The van der Waals surface area contributed by atoms with E-state index in [-0.39, 0.29) is 29.8 Å². The van der Waals surface area contributed by atoms with Crippen LogP contribution in [0.2, 0.25) is 0 Å². The van der Waals surface area contributed by atoms with Gasteiger partial charge in [-0.2, -0.15) is 0 Å². The van der Waals surface area contributed by atoms with Crippen molar-refractivity contribution < 1.29 is 9.59 Å². The number of piperidine rings is 3. The Morgan fingerprint density at radius 2 is 2.00 bits per heavy atom. The number of fused-ring (bicyclic) bond motifs is 4. The van der Waals surface area contributed by atoms with Crippen molar-refractivity contribution in [3.05, 3.63) is 48.3 Å². The van der Waals surface area contributed by atoms with Gasteiger partial charge in [0.05, 0.1) is 6.20 Å². The van der Waals surface area contributed by atoms with Gasteiger partial charge < -0.3 is 10.2 Å². The second-order valence-electron chi connectivity index (χ2n) is 9.45. The molecule has 32 heavy (non-hydrogen) atoms. The zero-order chi connectivity index (χ0) is 21.9. The first kappa shape index (κ1) is 21.1. The predicted molar refractivity (Wildman–Crippen MR) is 119 cm³/mol. The number of nitrogens with one attached hydrogen (secondary N) is 1. The van der Waals surface area contributed by atoms with E-state index in [1.165, 1.54) is 5.56 Å². The molecule has 5 rings (SSSR count). The van der Waals surface area contributed by atoms with Crippen LogP contribution in [0.15, 0.2) is 42.7 Å². The number of likely N-dealkylation sites (tertiary alicyclic amines) is 1. The summed E-state index contributed by atoms with van der Waals surface area (Å²) in [6.07, 6.45) is 7.82. The summed E-state index contributed by atoms with van der Waals surface area (Å²) in [6.45, 7) is 4.06. The van der Waals surface area contributed by atoms with E-state index in [0.29, 0.717) is 25.4 Å². The van der Waals surface area contributed by atoms with Gasteiger partial charge in [0, 0.05) is 57.3 Å². The minimum Gasteiger partial charge on any atom is -0.354 e. The van der Waals surface area contributed by atoms with E-state index in [1.807, 2.05) is 17.2 Å². The maximum atomic E-state index is 13.4. The Labute approximate surface area is 188 Å². The summed E-state index contributed by atoms with van der Waals surface area (Å²) >= 11 is 0. The largest absolute Gasteiger partial charge is 0.354 e. The third-order valence-corrected chi connectivity index (χ3v) is 7.27. The van der Waals surface area contributed by atoms with Crippen molar-refractivity contribution >= 4 is 11.8 Å². The molecule has 2 amide bonds. The Hall–Kier alpha value is -2.74. The molecule has 0 radical (unpaired) electrons. The molecule has 1 N–H and O–H groups in total. The van der Waals surface area contributed by atoms with Gasteiger partial charge in [0.25, 0.3) is 0 Å². The summed E-state index contributed by atoms with van der Waals surface area (Å²) in [7, 11) is 0. The van der Waals surface area contributed by atoms with Crippen molar-refractivity contribution in [2.24, 2.45) is 11.8 Å². The van der Waals surface area contributed by atoms with Crippen LogP contribution in [0.4, 0.5) is 0 Å². The van der Waals surface area contributed by atoms with E-state index in [1.54, 1.807) is 10.9 Å². The van der Waals surface area contributed by atoms with Gasteiger partial charge in [0.1, 0.15) is 6.04 Å². The van der Waals surface area contributed by atoms with Crippen LogP contribution in [0.1, 0.15) is 37.7 Å². The molecule has 3 saturated heterocycles. The maximum absolute atomic E-state index is 13.4. The number of hydrogen-bond donors (Lipinski definition) is 1. The summed E-state index contributed by atoms with van der Waals surface area (Å²) < 4.78 is 1.77. The molecule has 3 fully saturated rings. The SMILES string of the molecule is O=C(NCCCn1ccnn1)[C@H]1[C@@H]2C[C@@H](CN(Cc3ccccc3)C2)[C@@H]2CCCC(=O)N21. The fourth-order valence-electron chi connectivity index (χ4n) is 5.97. The van der Waals surface area contributed by atoms with Crippen LogP contribution in [-0.2, 0) is 22.7 Å². The predicted octanol–water partition coefficient (Wildman–Crippen LogP) is 1.69. The molecule has 2 aromatic rings. The van der Waals surface area contributed by atoms with E-state index >= 15 is 0 Å². The monoisotopic (exact) mass is 436 g/mol. The van der Waals surface area contributed by atoms with Crippen molar-refractivity contribution in [3.8, 4) is 0 Å². The molecule has 1 aromatic heterocycles. The lowest BCUT2D eigenvalue weighted by Crippen LogP contribution is -2.68. The molecule has 8 nitrogen and oxygen atoms in total. The summed E-state index contributed by atoms with van der Waals surface area (Å²) in [4.78, 5) is 30.8. The first-order valence-electron chi connectivity index (χ1n) is 11.9. The van der Waals surface area contributed by atoms with Crippen molar-refractivity contribution in [3.63, 3.8) is 0 Å². The van der Waals surface area contributed by atoms with E-state index < -0.39 is 0 Å². The molecule has 0 saturated carbocycles. The molecule has 170 valence electrons. The standard InChI is InChI=1S/C24H32N6O2/c31-22-9-4-8-21-19-14-20(17-28(16-19)15-18-6-2-1-3-7-18)23(30(21)22)24(32)25-10-5-12-29-13-11-26-27-29/h1-3,6-7,11,13,19-21,23H,4-5,8-10,12,14-17H2,(H,25,32)/t19-,20+,21-,23+/m0/s1. The summed E-state index contributed by atoms with van der Waals surface area (Å²) in [5, 5.41) is 10.9. The highest BCUT2D eigenvalue weighted by Crippen LogP contribution is 2.42. The Bertz CT molecular complexity index is 918. The van der Waals surface area contributed by atoms with E-state index in [0.717, 1.165) is 45.3 Å². The number of rotatable bonds is 7. The van der Waals surface area contributed by atoms with Crippen LogP contribution < -0.4 is 5.32 Å². The van der Waals surface area contributed by atoms with Crippen molar-refractivity contribution in [2.45, 2.75) is 57.3 Å². The molecular formula is C24H32N6O2. The minimum atomic E-state index is -0.353. The molecule has 3 aliphatic heterocycles. The number of benzene rings is 1. The highest BCUT2D eigenvalue weighted by molar-refractivity contribution is 5.89. The van der Waals surface area contributed by atoms with Crippen LogP contribution in [0.5, 0.6) is 0 Å². The zero-order valence-electron chi connectivity index (χ0n) is 18.5. The van der Waals surface area contributed by atoms with E-state index in [2.05, 4.69) is 44.8 Å². The lowest BCUT2D eigenvalue weighted by atomic mass is 9.71. The fraction of sp³-hybridized carbons (Fsp3) is 0.583. The van der Waals surface area contributed by atoms with Crippen molar-refractivity contribution in [1.82, 2.24) is 30.1 Å². The molecule has 1 aromatic carbocycles. The van der Waals surface area contributed by atoms with E-state index in [9.17, 15) is 9.59 Å². The molecule has 0 unspecified atom stereocenters. The minimum absolute atomic E-state index is 0.00820. The van der Waals surface area contributed by atoms with Crippen LogP contribution in [0.25, 0.3) is 0 Å². The quantitative estimate of drug-likeness (QED) is 0.668. The molecule has 4 atom stereocenters. The molecule has 0 spiro atoms. The van der Waals surface area contributed by atoms with Gasteiger partial charge in [-0.15, -0.1) is 5.10 Å². The second-order valence-corrected chi connectivity index (χ2v) is 9.45.